The molecule has 0 fully saturated rings. The van der Waals surface area contributed by atoms with Gasteiger partial charge in [-0.25, -0.2) is 14.8 Å². The standard InChI is InChI=1S/C23H18F2N2O5S/c1-13-26-16(12-33-13)11-30-17-6-3-14(4-7-17)9-18-22(28)32-21(27-18)15-5-8-19(31-23(24)25)20(10-15)29-2/h3-10,12,23H,11H2,1-2H3/b18-9-. The van der Waals surface area contributed by atoms with Gasteiger partial charge in [-0.15, -0.1) is 11.3 Å². The Balaban J connectivity index is 1.47. The van der Waals surface area contributed by atoms with Gasteiger partial charge in [0.25, 0.3) is 0 Å². The zero-order valence-electron chi connectivity index (χ0n) is 17.6. The van der Waals surface area contributed by atoms with E-state index in [-0.39, 0.29) is 23.1 Å². The highest BCUT2D eigenvalue weighted by Crippen LogP contribution is 2.31. The topological polar surface area (TPSA) is 79.2 Å². The molecule has 33 heavy (non-hydrogen) atoms. The van der Waals surface area contributed by atoms with Crippen LogP contribution in [0, 0.1) is 6.92 Å². The SMILES string of the molecule is COc1cc(C2=N/C(=C\c3ccc(OCc4csc(C)n4)cc3)C(=O)O2)ccc1OC(F)F. The number of hydrogen-bond acceptors (Lipinski definition) is 8. The fraction of sp³-hybridized carbons (Fsp3) is 0.174. The molecule has 0 radical (unpaired) electrons. The number of carbonyl (C=O) groups excluding carboxylic acids is 1. The van der Waals surface area contributed by atoms with Gasteiger partial charge in [0.15, 0.2) is 17.2 Å². The highest BCUT2D eigenvalue weighted by Gasteiger charge is 2.25. The molecule has 0 aliphatic carbocycles. The van der Waals surface area contributed by atoms with Crippen molar-refractivity contribution < 1.29 is 32.5 Å². The van der Waals surface area contributed by atoms with Crippen LogP contribution in [-0.4, -0.2) is 30.6 Å². The smallest absolute Gasteiger partial charge is 0.387 e. The first-order valence-corrected chi connectivity index (χ1v) is 10.6. The molecule has 0 saturated carbocycles. The number of hydrogen-bond donors (Lipinski definition) is 0. The van der Waals surface area contributed by atoms with Crippen molar-refractivity contribution >= 4 is 29.3 Å². The Morgan fingerprint density at radius 3 is 2.61 bits per heavy atom. The Morgan fingerprint density at radius 1 is 1.15 bits per heavy atom. The number of aromatic nitrogens is 1. The van der Waals surface area contributed by atoms with E-state index in [1.165, 1.54) is 25.3 Å². The van der Waals surface area contributed by atoms with Gasteiger partial charge < -0.3 is 18.9 Å². The van der Waals surface area contributed by atoms with Crippen LogP contribution in [0.1, 0.15) is 21.8 Å². The average Bonchev–Trinajstić information content (AvgIpc) is 3.38. The Hall–Kier alpha value is -3.79. The Bertz CT molecular complexity index is 1220. The summed E-state index contributed by atoms with van der Waals surface area (Å²) in [4.78, 5) is 20.8. The molecule has 1 aliphatic rings. The second kappa shape index (κ2) is 9.78. The molecule has 2 heterocycles. The summed E-state index contributed by atoms with van der Waals surface area (Å²) in [5, 5.41) is 2.93. The lowest BCUT2D eigenvalue weighted by molar-refractivity contribution is -0.129. The fourth-order valence-corrected chi connectivity index (χ4v) is 3.57. The summed E-state index contributed by atoms with van der Waals surface area (Å²) in [5.74, 6) is -0.00139. The van der Waals surface area contributed by atoms with Crippen molar-refractivity contribution in [1.29, 1.82) is 0 Å². The maximum Gasteiger partial charge on any atom is 0.387 e. The summed E-state index contributed by atoms with van der Waals surface area (Å²) in [6, 6.07) is 11.3. The van der Waals surface area contributed by atoms with Crippen LogP contribution in [0.5, 0.6) is 17.2 Å². The molecular formula is C23H18F2N2O5S. The number of nitrogens with zero attached hydrogens (tertiary/aromatic N) is 2. The summed E-state index contributed by atoms with van der Waals surface area (Å²) in [6.45, 7) is -0.685. The quantitative estimate of drug-likeness (QED) is 0.340. The predicted octanol–water partition coefficient (Wildman–Crippen LogP) is 4.99. The van der Waals surface area contributed by atoms with Crippen LogP contribution in [-0.2, 0) is 16.1 Å². The zero-order valence-corrected chi connectivity index (χ0v) is 18.4. The summed E-state index contributed by atoms with van der Waals surface area (Å²) in [6.07, 6.45) is 1.58. The number of cyclic esters (lactones) is 1. The third-order valence-electron chi connectivity index (χ3n) is 4.48. The van der Waals surface area contributed by atoms with Crippen molar-refractivity contribution in [2.75, 3.05) is 7.11 Å². The van der Waals surface area contributed by atoms with Crippen molar-refractivity contribution in [2.24, 2.45) is 4.99 Å². The molecule has 7 nitrogen and oxygen atoms in total. The highest BCUT2D eigenvalue weighted by atomic mass is 32.1. The second-order valence-electron chi connectivity index (χ2n) is 6.80. The number of esters is 1. The minimum Gasteiger partial charge on any atom is -0.493 e. The molecule has 3 aromatic rings. The van der Waals surface area contributed by atoms with Crippen molar-refractivity contribution in [3.8, 4) is 17.2 Å². The largest absolute Gasteiger partial charge is 0.493 e. The predicted molar refractivity (Wildman–Crippen MR) is 118 cm³/mol. The van der Waals surface area contributed by atoms with Gasteiger partial charge in [0.1, 0.15) is 12.4 Å². The molecule has 10 heteroatoms. The normalized spacial score (nSPS) is 14.4. The van der Waals surface area contributed by atoms with Crippen LogP contribution < -0.4 is 14.2 Å². The zero-order chi connectivity index (χ0) is 23.4. The van der Waals surface area contributed by atoms with E-state index in [2.05, 4.69) is 14.7 Å². The molecule has 0 unspecified atom stereocenters. The molecule has 0 atom stereocenters. The summed E-state index contributed by atoms with van der Waals surface area (Å²) < 4.78 is 45.4. The molecule has 2 aromatic carbocycles. The summed E-state index contributed by atoms with van der Waals surface area (Å²) >= 11 is 1.56. The maximum atomic E-state index is 12.5. The molecule has 4 rings (SSSR count). The molecular weight excluding hydrogens is 454 g/mol. The van der Waals surface area contributed by atoms with Gasteiger partial charge in [0.05, 0.1) is 17.8 Å². The van der Waals surface area contributed by atoms with Crippen LogP contribution in [0.3, 0.4) is 0 Å². The molecule has 0 bridgehead atoms. The lowest BCUT2D eigenvalue weighted by Crippen LogP contribution is -2.07. The van der Waals surface area contributed by atoms with Gasteiger partial charge in [-0.05, 0) is 48.9 Å². The van der Waals surface area contributed by atoms with Gasteiger partial charge in [-0.2, -0.15) is 8.78 Å². The van der Waals surface area contributed by atoms with Crippen LogP contribution in [0.25, 0.3) is 6.08 Å². The van der Waals surface area contributed by atoms with Gasteiger partial charge in [-0.3, -0.25) is 0 Å². The second-order valence-corrected chi connectivity index (χ2v) is 7.86. The monoisotopic (exact) mass is 472 g/mol. The van der Waals surface area contributed by atoms with Gasteiger partial charge in [0.2, 0.25) is 5.90 Å². The van der Waals surface area contributed by atoms with E-state index in [9.17, 15) is 13.6 Å². The molecule has 0 spiro atoms. The van der Waals surface area contributed by atoms with Crippen molar-refractivity contribution in [3.05, 3.63) is 75.4 Å². The first kappa shape index (κ1) is 22.4. The molecule has 170 valence electrons. The molecule has 1 aliphatic heterocycles. The number of methoxy groups -OCH3 is 1. The van der Waals surface area contributed by atoms with E-state index in [0.717, 1.165) is 16.3 Å². The third-order valence-corrected chi connectivity index (χ3v) is 5.31. The first-order chi connectivity index (χ1) is 15.9. The number of aryl methyl sites for hydroxylation is 1. The molecule has 1 aromatic heterocycles. The van der Waals surface area contributed by atoms with Crippen molar-refractivity contribution in [2.45, 2.75) is 20.1 Å². The van der Waals surface area contributed by atoms with E-state index in [0.29, 0.717) is 17.9 Å². The van der Waals surface area contributed by atoms with Crippen LogP contribution in [0.2, 0.25) is 0 Å². The molecule has 0 N–H and O–H groups in total. The summed E-state index contributed by atoms with van der Waals surface area (Å²) in [7, 11) is 1.32. The van der Waals surface area contributed by atoms with Crippen LogP contribution in [0.4, 0.5) is 8.78 Å². The minimum atomic E-state index is -2.99. The minimum absolute atomic E-state index is 0.0339. The lowest BCUT2D eigenvalue weighted by Gasteiger charge is -2.10. The van der Waals surface area contributed by atoms with E-state index in [1.807, 2.05) is 12.3 Å². The average molecular weight is 472 g/mol. The number of thiazole rings is 1. The number of aliphatic imine (C=N–C) groups is 1. The Kier molecular flexibility index (Phi) is 6.64. The highest BCUT2D eigenvalue weighted by molar-refractivity contribution is 7.09. The lowest BCUT2D eigenvalue weighted by atomic mass is 10.2. The van der Waals surface area contributed by atoms with Crippen LogP contribution in [0.15, 0.2) is 58.5 Å². The number of ether oxygens (including phenoxy) is 4. The number of carbonyl (C=O) groups is 1. The van der Waals surface area contributed by atoms with Crippen LogP contribution >= 0.6 is 11.3 Å². The number of benzene rings is 2. The van der Waals surface area contributed by atoms with Gasteiger partial charge >= 0.3 is 12.6 Å². The third kappa shape index (κ3) is 5.53. The van der Waals surface area contributed by atoms with E-state index in [1.54, 1.807) is 41.7 Å². The molecule has 0 saturated heterocycles. The Labute approximate surface area is 191 Å². The first-order valence-electron chi connectivity index (χ1n) is 9.71. The van der Waals surface area contributed by atoms with E-state index >= 15 is 0 Å². The van der Waals surface area contributed by atoms with E-state index < -0.39 is 12.6 Å². The Morgan fingerprint density at radius 2 is 1.94 bits per heavy atom. The number of rotatable bonds is 8. The van der Waals surface area contributed by atoms with Crippen molar-refractivity contribution in [1.82, 2.24) is 4.98 Å². The van der Waals surface area contributed by atoms with E-state index in [4.69, 9.17) is 14.2 Å². The summed E-state index contributed by atoms with van der Waals surface area (Å²) in [5.41, 5.74) is 2.07. The van der Waals surface area contributed by atoms with Crippen molar-refractivity contribution in [3.63, 3.8) is 0 Å². The van der Waals surface area contributed by atoms with Gasteiger partial charge in [-0.1, -0.05) is 12.1 Å². The van der Waals surface area contributed by atoms with Gasteiger partial charge in [0, 0.05) is 10.9 Å². The number of alkyl halides is 2. The fourth-order valence-electron chi connectivity index (χ4n) is 2.98. The maximum absolute atomic E-state index is 12.5. The molecule has 0 amide bonds. The number of halogens is 2.